The summed E-state index contributed by atoms with van der Waals surface area (Å²) >= 11 is 0. The lowest BCUT2D eigenvalue weighted by atomic mass is 10.0. The number of amides is 1. The molecule has 1 N–H and O–H groups in total. The van der Waals surface area contributed by atoms with Crippen molar-refractivity contribution >= 4 is 34.0 Å². The van der Waals surface area contributed by atoms with Crippen molar-refractivity contribution < 1.29 is 14.3 Å². The highest BCUT2D eigenvalue weighted by molar-refractivity contribution is 5.93. The van der Waals surface area contributed by atoms with E-state index in [0.717, 1.165) is 54.7 Å². The number of anilines is 2. The standard InChI is InChI=1S/C26H29N3O3/c1-2-28-14-16-29(17-15-28)23-12-10-22(11-13-23)27-25(30)19-32-26(31)18-21-8-5-7-20-6-3-4-9-24(20)21/h3-13H,2,14-19H2,1H3,(H,27,30). The molecule has 1 aliphatic heterocycles. The molecule has 3 aromatic rings. The minimum Gasteiger partial charge on any atom is -0.455 e. The van der Waals surface area contributed by atoms with Gasteiger partial charge in [0.05, 0.1) is 6.42 Å². The molecule has 3 aromatic carbocycles. The number of nitrogens with one attached hydrogen (secondary N) is 1. The molecule has 1 fully saturated rings. The number of hydrogen-bond donors (Lipinski definition) is 1. The molecular formula is C26H29N3O3. The lowest BCUT2D eigenvalue weighted by molar-refractivity contribution is -0.146. The van der Waals surface area contributed by atoms with Crippen LogP contribution in [-0.2, 0) is 20.7 Å². The molecule has 4 rings (SSSR count). The van der Waals surface area contributed by atoms with Crippen LogP contribution in [0.4, 0.5) is 11.4 Å². The van der Waals surface area contributed by atoms with Crippen molar-refractivity contribution in [2.75, 3.05) is 49.5 Å². The second kappa shape index (κ2) is 10.3. The Morgan fingerprint density at radius 2 is 1.62 bits per heavy atom. The summed E-state index contributed by atoms with van der Waals surface area (Å²) in [5.74, 6) is -0.765. The van der Waals surface area contributed by atoms with E-state index in [-0.39, 0.29) is 18.9 Å². The van der Waals surface area contributed by atoms with Gasteiger partial charge in [0.2, 0.25) is 0 Å². The van der Waals surface area contributed by atoms with Gasteiger partial charge >= 0.3 is 5.97 Å². The van der Waals surface area contributed by atoms with Crippen LogP contribution >= 0.6 is 0 Å². The smallest absolute Gasteiger partial charge is 0.310 e. The first-order chi connectivity index (χ1) is 15.6. The number of ether oxygens (including phenoxy) is 1. The molecule has 0 aliphatic carbocycles. The molecule has 0 unspecified atom stereocenters. The topological polar surface area (TPSA) is 61.9 Å². The van der Waals surface area contributed by atoms with Gasteiger partial charge in [-0.05, 0) is 47.1 Å². The second-order valence-corrected chi connectivity index (χ2v) is 7.99. The van der Waals surface area contributed by atoms with E-state index in [1.165, 1.54) is 0 Å². The molecule has 1 amide bonds. The molecule has 0 spiro atoms. The summed E-state index contributed by atoms with van der Waals surface area (Å²) in [4.78, 5) is 29.3. The van der Waals surface area contributed by atoms with Crippen LogP contribution in [0, 0.1) is 0 Å². The van der Waals surface area contributed by atoms with Crippen LogP contribution in [0.5, 0.6) is 0 Å². The molecule has 1 heterocycles. The SMILES string of the molecule is CCN1CCN(c2ccc(NC(=O)COC(=O)Cc3cccc4ccccc34)cc2)CC1. The van der Waals surface area contributed by atoms with Crippen molar-refractivity contribution in [2.45, 2.75) is 13.3 Å². The van der Waals surface area contributed by atoms with E-state index in [2.05, 4.69) is 22.0 Å². The average molecular weight is 432 g/mol. The normalized spacial score (nSPS) is 14.3. The number of piperazine rings is 1. The van der Waals surface area contributed by atoms with Gasteiger partial charge in [0.1, 0.15) is 0 Å². The summed E-state index contributed by atoms with van der Waals surface area (Å²) in [7, 11) is 0. The summed E-state index contributed by atoms with van der Waals surface area (Å²) in [5, 5.41) is 4.89. The number of benzene rings is 3. The first-order valence-electron chi connectivity index (χ1n) is 11.1. The Bertz CT molecular complexity index is 1070. The summed E-state index contributed by atoms with van der Waals surface area (Å²) in [5.41, 5.74) is 2.74. The van der Waals surface area contributed by atoms with Crippen LogP contribution in [0.15, 0.2) is 66.7 Å². The minimum absolute atomic E-state index is 0.134. The molecule has 0 aromatic heterocycles. The van der Waals surface area contributed by atoms with Crippen LogP contribution in [0.25, 0.3) is 10.8 Å². The van der Waals surface area contributed by atoms with E-state index >= 15 is 0 Å². The van der Waals surface area contributed by atoms with Crippen molar-refractivity contribution in [2.24, 2.45) is 0 Å². The molecule has 0 saturated carbocycles. The number of carbonyl (C=O) groups is 2. The lowest BCUT2D eigenvalue weighted by Gasteiger charge is -2.35. The second-order valence-electron chi connectivity index (χ2n) is 7.99. The molecule has 0 bridgehead atoms. The third-order valence-electron chi connectivity index (χ3n) is 5.91. The molecule has 6 heteroatoms. The first-order valence-corrected chi connectivity index (χ1v) is 11.1. The van der Waals surface area contributed by atoms with Crippen LogP contribution in [0.3, 0.4) is 0 Å². The highest BCUT2D eigenvalue weighted by atomic mass is 16.5. The van der Waals surface area contributed by atoms with Gasteiger partial charge in [-0.2, -0.15) is 0 Å². The fourth-order valence-corrected chi connectivity index (χ4v) is 4.07. The van der Waals surface area contributed by atoms with Crippen molar-refractivity contribution in [1.29, 1.82) is 0 Å². The zero-order valence-electron chi connectivity index (χ0n) is 18.4. The molecule has 0 radical (unpaired) electrons. The van der Waals surface area contributed by atoms with Gasteiger partial charge in [0, 0.05) is 37.6 Å². The van der Waals surface area contributed by atoms with E-state index < -0.39 is 5.97 Å². The molecule has 0 atom stereocenters. The molecule has 32 heavy (non-hydrogen) atoms. The van der Waals surface area contributed by atoms with E-state index in [1.54, 1.807) is 0 Å². The van der Waals surface area contributed by atoms with Crippen molar-refractivity contribution in [3.63, 3.8) is 0 Å². The number of fused-ring (bicyclic) bond motifs is 1. The maximum absolute atomic E-state index is 12.3. The Kier molecular flexibility index (Phi) is 7.02. The Morgan fingerprint density at radius 1 is 0.906 bits per heavy atom. The Morgan fingerprint density at radius 3 is 2.38 bits per heavy atom. The fourth-order valence-electron chi connectivity index (χ4n) is 4.07. The number of likely N-dealkylation sites (N-methyl/N-ethyl adjacent to an activating group) is 1. The number of hydrogen-bond acceptors (Lipinski definition) is 5. The Balaban J connectivity index is 1.25. The summed E-state index contributed by atoms with van der Waals surface area (Å²) in [6.45, 7) is 7.13. The quantitative estimate of drug-likeness (QED) is 0.578. The van der Waals surface area contributed by atoms with Crippen LogP contribution in [-0.4, -0.2) is 56.1 Å². The minimum atomic E-state index is -0.418. The van der Waals surface area contributed by atoms with Crippen molar-refractivity contribution in [1.82, 2.24) is 4.90 Å². The molecule has 1 aliphatic rings. The van der Waals surface area contributed by atoms with Crippen LogP contribution in [0.2, 0.25) is 0 Å². The predicted molar refractivity (Wildman–Crippen MR) is 128 cm³/mol. The van der Waals surface area contributed by atoms with E-state index in [4.69, 9.17) is 4.74 Å². The van der Waals surface area contributed by atoms with Crippen molar-refractivity contribution in [3.05, 3.63) is 72.3 Å². The number of carbonyl (C=O) groups excluding carboxylic acids is 2. The predicted octanol–water partition coefficient (Wildman–Crippen LogP) is 3.71. The maximum atomic E-state index is 12.3. The third kappa shape index (κ3) is 5.45. The van der Waals surface area contributed by atoms with Gasteiger partial charge < -0.3 is 19.9 Å². The van der Waals surface area contributed by atoms with Crippen molar-refractivity contribution in [3.8, 4) is 0 Å². The van der Waals surface area contributed by atoms with E-state index in [1.807, 2.05) is 66.7 Å². The van der Waals surface area contributed by atoms with Gasteiger partial charge in [-0.15, -0.1) is 0 Å². The highest BCUT2D eigenvalue weighted by Crippen LogP contribution is 2.20. The molecule has 6 nitrogen and oxygen atoms in total. The molecule has 1 saturated heterocycles. The summed E-state index contributed by atoms with van der Waals surface area (Å²) in [6, 6.07) is 21.6. The Hall–Kier alpha value is -3.38. The average Bonchev–Trinajstić information content (AvgIpc) is 2.84. The molecular weight excluding hydrogens is 402 g/mol. The first kappa shape index (κ1) is 21.8. The highest BCUT2D eigenvalue weighted by Gasteiger charge is 2.16. The van der Waals surface area contributed by atoms with E-state index in [9.17, 15) is 9.59 Å². The number of esters is 1. The lowest BCUT2D eigenvalue weighted by Crippen LogP contribution is -2.46. The van der Waals surface area contributed by atoms with Gasteiger partial charge in [-0.25, -0.2) is 0 Å². The number of nitrogens with zero attached hydrogens (tertiary/aromatic N) is 2. The molecule has 166 valence electrons. The maximum Gasteiger partial charge on any atom is 0.310 e. The zero-order valence-corrected chi connectivity index (χ0v) is 18.4. The number of rotatable bonds is 7. The summed E-state index contributed by atoms with van der Waals surface area (Å²) in [6.07, 6.45) is 0.134. The van der Waals surface area contributed by atoms with Gasteiger partial charge in [0.25, 0.3) is 5.91 Å². The van der Waals surface area contributed by atoms with Crippen LogP contribution in [0.1, 0.15) is 12.5 Å². The van der Waals surface area contributed by atoms with Crippen LogP contribution < -0.4 is 10.2 Å². The largest absolute Gasteiger partial charge is 0.455 e. The summed E-state index contributed by atoms with van der Waals surface area (Å²) < 4.78 is 5.20. The Labute approximate surface area is 188 Å². The fraction of sp³-hybridized carbons (Fsp3) is 0.308. The zero-order chi connectivity index (χ0) is 22.3. The van der Waals surface area contributed by atoms with E-state index in [0.29, 0.717) is 5.69 Å². The van der Waals surface area contributed by atoms with Gasteiger partial charge in [-0.1, -0.05) is 49.4 Å². The monoisotopic (exact) mass is 431 g/mol. The third-order valence-corrected chi connectivity index (χ3v) is 5.91. The van der Waals surface area contributed by atoms with Gasteiger partial charge in [0.15, 0.2) is 6.61 Å². The van der Waals surface area contributed by atoms with Gasteiger partial charge in [-0.3, -0.25) is 9.59 Å².